The lowest BCUT2D eigenvalue weighted by atomic mass is 9.81. The van der Waals surface area contributed by atoms with Crippen LogP contribution in [0.4, 0.5) is 0 Å². The zero-order valence-electron chi connectivity index (χ0n) is 14.2. The first kappa shape index (κ1) is 18.2. The summed E-state index contributed by atoms with van der Waals surface area (Å²) in [6.07, 6.45) is 9.51. The van der Waals surface area contributed by atoms with Crippen molar-refractivity contribution < 1.29 is 24.2 Å². The van der Waals surface area contributed by atoms with E-state index in [1.807, 2.05) is 0 Å². The van der Waals surface area contributed by atoms with Crippen LogP contribution in [0.5, 0.6) is 0 Å². The number of carbonyl (C=O) groups is 2. The van der Waals surface area contributed by atoms with Gasteiger partial charge in [0.1, 0.15) is 0 Å². The first-order chi connectivity index (χ1) is 11.1. The van der Waals surface area contributed by atoms with Crippen molar-refractivity contribution in [1.29, 1.82) is 0 Å². The fourth-order valence-corrected chi connectivity index (χ4v) is 3.44. The first-order valence-electron chi connectivity index (χ1n) is 9.09. The molecule has 5 heteroatoms. The summed E-state index contributed by atoms with van der Waals surface area (Å²) in [6, 6.07) is 0. The Bertz CT molecular complexity index is 395. The van der Waals surface area contributed by atoms with Crippen LogP contribution in [0.1, 0.15) is 71.1 Å². The zero-order valence-corrected chi connectivity index (χ0v) is 14.2. The van der Waals surface area contributed by atoms with Gasteiger partial charge in [0.05, 0.1) is 18.8 Å². The van der Waals surface area contributed by atoms with Gasteiger partial charge in [0.25, 0.3) is 0 Å². The van der Waals surface area contributed by atoms with Gasteiger partial charge in [0.15, 0.2) is 0 Å². The van der Waals surface area contributed by atoms with E-state index < -0.39 is 5.97 Å². The molecule has 1 saturated carbocycles. The Labute approximate surface area is 138 Å². The molecule has 4 unspecified atom stereocenters. The number of unbranched alkanes of at least 4 members (excludes halogenated alkanes) is 5. The van der Waals surface area contributed by atoms with Crippen LogP contribution in [0.3, 0.4) is 0 Å². The molecule has 0 aromatic heterocycles. The lowest BCUT2D eigenvalue weighted by Gasteiger charge is -2.25. The number of aliphatic carboxylic acids is 1. The molecule has 1 heterocycles. The van der Waals surface area contributed by atoms with Crippen LogP contribution in [0.2, 0.25) is 0 Å². The molecule has 1 N–H and O–H groups in total. The smallest absolute Gasteiger partial charge is 0.305 e. The van der Waals surface area contributed by atoms with E-state index in [1.54, 1.807) is 0 Å². The van der Waals surface area contributed by atoms with Crippen molar-refractivity contribution >= 4 is 11.9 Å². The Morgan fingerprint density at radius 1 is 1.00 bits per heavy atom. The van der Waals surface area contributed by atoms with E-state index in [0.717, 1.165) is 51.4 Å². The lowest BCUT2D eigenvalue weighted by Crippen LogP contribution is -2.27. The van der Waals surface area contributed by atoms with Gasteiger partial charge in [-0.1, -0.05) is 32.6 Å². The molecule has 0 spiro atoms. The molecular weight excluding hydrogens is 296 g/mol. The lowest BCUT2D eigenvalue weighted by molar-refractivity contribution is -0.146. The number of epoxide rings is 1. The molecule has 2 fully saturated rings. The molecule has 0 amide bonds. The van der Waals surface area contributed by atoms with Gasteiger partial charge in [-0.3, -0.25) is 9.59 Å². The molecule has 1 aliphatic carbocycles. The Morgan fingerprint density at radius 2 is 1.61 bits per heavy atom. The largest absolute Gasteiger partial charge is 0.481 e. The second-order valence-corrected chi connectivity index (χ2v) is 7.12. The number of carbonyl (C=O) groups excluding carboxylic acids is 1. The summed E-state index contributed by atoms with van der Waals surface area (Å²) >= 11 is 0. The predicted octanol–water partition coefficient (Wildman–Crippen LogP) is 3.55. The second kappa shape index (κ2) is 9.26. The molecule has 1 saturated heterocycles. The fourth-order valence-electron chi connectivity index (χ4n) is 3.44. The maximum Gasteiger partial charge on any atom is 0.305 e. The van der Waals surface area contributed by atoms with Crippen LogP contribution in [0.25, 0.3) is 0 Å². The number of esters is 1. The third-order valence-electron chi connectivity index (χ3n) is 5.11. The summed E-state index contributed by atoms with van der Waals surface area (Å²) in [5.41, 5.74) is 0. The van der Waals surface area contributed by atoms with Crippen molar-refractivity contribution in [3.8, 4) is 0 Å². The molecule has 0 aromatic rings. The normalized spacial score (nSPS) is 28.9. The van der Waals surface area contributed by atoms with Crippen LogP contribution in [0, 0.1) is 11.8 Å². The third kappa shape index (κ3) is 6.90. The van der Waals surface area contributed by atoms with Gasteiger partial charge in [0, 0.05) is 12.8 Å². The van der Waals surface area contributed by atoms with Gasteiger partial charge in [-0.2, -0.15) is 0 Å². The quantitative estimate of drug-likeness (QED) is 0.357. The molecule has 23 heavy (non-hydrogen) atoms. The molecule has 0 bridgehead atoms. The Kier molecular flexibility index (Phi) is 7.34. The van der Waals surface area contributed by atoms with E-state index in [2.05, 4.69) is 6.92 Å². The number of ether oxygens (including phenoxy) is 2. The number of hydrogen-bond donors (Lipinski definition) is 1. The fraction of sp³-hybridized carbons (Fsp3) is 0.889. The second-order valence-electron chi connectivity index (χ2n) is 7.12. The Balaban J connectivity index is 1.42. The van der Waals surface area contributed by atoms with Gasteiger partial charge in [-0.15, -0.1) is 0 Å². The standard InChI is InChI=1S/C18H30O5/c1-13-10-15-16(23-15)11-14(13)12-22-18(21)9-7-5-3-2-4-6-8-17(19)20/h13-16H,2-12H2,1H3,(H,19,20). The molecule has 0 aromatic carbocycles. The first-order valence-corrected chi connectivity index (χ1v) is 9.09. The van der Waals surface area contributed by atoms with E-state index >= 15 is 0 Å². The number of carboxylic acids is 1. The average molecular weight is 326 g/mol. The average Bonchev–Trinajstić information content (AvgIpc) is 3.25. The van der Waals surface area contributed by atoms with E-state index in [1.165, 1.54) is 0 Å². The molecule has 1 aliphatic heterocycles. The van der Waals surface area contributed by atoms with Crippen molar-refractivity contribution in [1.82, 2.24) is 0 Å². The highest BCUT2D eigenvalue weighted by molar-refractivity contribution is 5.69. The minimum absolute atomic E-state index is 0.0816. The molecule has 132 valence electrons. The van der Waals surface area contributed by atoms with Crippen molar-refractivity contribution in [2.75, 3.05) is 6.61 Å². The van der Waals surface area contributed by atoms with Crippen LogP contribution < -0.4 is 0 Å². The molecular formula is C18H30O5. The summed E-state index contributed by atoms with van der Waals surface area (Å²) in [7, 11) is 0. The van der Waals surface area contributed by atoms with E-state index in [4.69, 9.17) is 14.6 Å². The van der Waals surface area contributed by atoms with Crippen molar-refractivity contribution in [3.05, 3.63) is 0 Å². The third-order valence-corrected chi connectivity index (χ3v) is 5.11. The summed E-state index contributed by atoms with van der Waals surface area (Å²) in [6.45, 7) is 2.77. The number of fused-ring (bicyclic) bond motifs is 1. The monoisotopic (exact) mass is 326 g/mol. The van der Waals surface area contributed by atoms with Gasteiger partial charge in [-0.05, 0) is 37.5 Å². The maximum absolute atomic E-state index is 11.8. The number of rotatable bonds is 11. The predicted molar refractivity (Wildman–Crippen MR) is 86.1 cm³/mol. The highest BCUT2D eigenvalue weighted by Gasteiger charge is 2.47. The van der Waals surface area contributed by atoms with Crippen LogP contribution in [-0.4, -0.2) is 35.9 Å². The van der Waals surface area contributed by atoms with Gasteiger partial charge < -0.3 is 14.6 Å². The van der Waals surface area contributed by atoms with E-state index in [-0.39, 0.29) is 12.4 Å². The maximum atomic E-state index is 11.8. The van der Waals surface area contributed by atoms with Crippen LogP contribution >= 0.6 is 0 Å². The molecule has 5 nitrogen and oxygen atoms in total. The summed E-state index contributed by atoms with van der Waals surface area (Å²) in [4.78, 5) is 22.1. The Hall–Kier alpha value is -1.10. The summed E-state index contributed by atoms with van der Waals surface area (Å²) in [5.74, 6) is 0.236. The topological polar surface area (TPSA) is 76.1 Å². The summed E-state index contributed by atoms with van der Waals surface area (Å²) in [5, 5.41) is 8.53. The minimum Gasteiger partial charge on any atom is -0.481 e. The van der Waals surface area contributed by atoms with E-state index in [9.17, 15) is 9.59 Å². The minimum atomic E-state index is -0.719. The van der Waals surface area contributed by atoms with Gasteiger partial charge in [0.2, 0.25) is 0 Å². The zero-order chi connectivity index (χ0) is 16.7. The van der Waals surface area contributed by atoms with Gasteiger partial charge in [-0.25, -0.2) is 0 Å². The van der Waals surface area contributed by atoms with Crippen LogP contribution in [-0.2, 0) is 19.1 Å². The highest BCUT2D eigenvalue weighted by Crippen LogP contribution is 2.42. The summed E-state index contributed by atoms with van der Waals surface area (Å²) < 4.78 is 11.0. The van der Waals surface area contributed by atoms with Crippen LogP contribution in [0.15, 0.2) is 0 Å². The van der Waals surface area contributed by atoms with Gasteiger partial charge >= 0.3 is 11.9 Å². The highest BCUT2D eigenvalue weighted by atomic mass is 16.6. The number of hydrogen-bond acceptors (Lipinski definition) is 4. The van der Waals surface area contributed by atoms with Crippen molar-refractivity contribution in [2.45, 2.75) is 83.3 Å². The van der Waals surface area contributed by atoms with E-state index in [0.29, 0.717) is 37.1 Å². The Morgan fingerprint density at radius 3 is 2.30 bits per heavy atom. The van der Waals surface area contributed by atoms with Crippen molar-refractivity contribution in [3.63, 3.8) is 0 Å². The molecule has 0 radical (unpaired) electrons. The van der Waals surface area contributed by atoms with Crippen molar-refractivity contribution in [2.24, 2.45) is 11.8 Å². The molecule has 4 atom stereocenters. The SMILES string of the molecule is CC1CC2OC2CC1COC(=O)CCCCCCCCC(=O)O. The molecule has 2 aliphatic rings. The molecule has 2 rings (SSSR count). The number of carboxylic acid groups (broad SMARTS) is 1.